The number of nitrogens with zero attached hydrogens (tertiary/aromatic N) is 1. The van der Waals surface area contributed by atoms with Crippen LogP contribution in [0, 0.1) is 5.92 Å². The average molecular weight is 333 g/mol. The molecule has 1 unspecified atom stereocenters. The fraction of sp³-hybridized carbons (Fsp3) is 0.455. The lowest BCUT2D eigenvalue weighted by molar-refractivity contribution is 0.0704. The first-order chi connectivity index (χ1) is 8.08. The molecule has 2 heterocycles. The molecule has 6 heteroatoms. The number of nitrogens with two attached hydrogens (primary N) is 1. The molecule has 1 atom stereocenters. The molecule has 1 aromatic heterocycles. The molecule has 1 amide bonds. The lowest BCUT2D eigenvalue weighted by atomic mass is 9.98. The number of amides is 1. The fourth-order valence-electron chi connectivity index (χ4n) is 2.00. The van der Waals surface area contributed by atoms with Gasteiger partial charge in [-0.3, -0.25) is 4.79 Å². The standard InChI is InChI=1S/C11H13BrN2OS2/c12-9-4-8(6-17-9)11(15)14-3-1-2-7(5-14)10(13)16/h4,6-7H,1-3,5H2,(H2,13,16). The van der Waals surface area contributed by atoms with Crippen molar-refractivity contribution >= 4 is 50.4 Å². The average Bonchev–Trinajstić information content (AvgIpc) is 2.75. The fourth-order valence-corrected chi connectivity index (χ4v) is 3.32. The monoisotopic (exact) mass is 332 g/mol. The van der Waals surface area contributed by atoms with Crippen molar-refractivity contribution in [2.24, 2.45) is 11.7 Å². The van der Waals surface area contributed by atoms with Crippen LogP contribution in [0.15, 0.2) is 15.2 Å². The molecule has 17 heavy (non-hydrogen) atoms. The van der Waals surface area contributed by atoms with Gasteiger partial charge in [-0.15, -0.1) is 11.3 Å². The van der Waals surface area contributed by atoms with Gasteiger partial charge in [0.05, 0.1) is 14.3 Å². The van der Waals surface area contributed by atoms with Crippen LogP contribution >= 0.6 is 39.5 Å². The number of likely N-dealkylation sites (tertiary alicyclic amines) is 1. The topological polar surface area (TPSA) is 46.3 Å². The van der Waals surface area contributed by atoms with Gasteiger partial charge in [0.15, 0.2) is 0 Å². The van der Waals surface area contributed by atoms with E-state index in [-0.39, 0.29) is 11.8 Å². The maximum absolute atomic E-state index is 12.2. The number of hydrogen-bond acceptors (Lipinski definition) is 3. The maximum atomic E-state index is 12.2. The SMILES string of the molecule is NC(=S)C1CCCN(C(=O)c2csc(Br)c2)C1. The van der Waals surface area contributed by atoms with Gasteiger partial charge < -0.3 is 10.6 Å². The van der Waals surface area contributed by atoms with E-state index in [1.807, 2.05) is 16.3 Å². The lowest BCUT2D eigenvalue weighted by Crippen LogP contribution is -2.43. The number of halogens is 1. The van der Waals surface area contributed by atoms with Crippen LogP contribution in [0.25, 0.3) is 0 Å². The van der Waals surface area contributed by atoms with E-state index in [0.717, 1.165) is 28.7 Å². The predicted octanol–water partition coefficient (Wildman–Crippen LogP) is 2.65. The summed E-state index contributed by atoms with van der Waals surface area (Å²) in [6.45, 7) is 1.45. The van der Waals surface area contributed by atoms with Gasteiger partial charge in [-0.2, -0.15) is 0 Å². The molecule has 1 aliphatic rings. The minimum absolute atomic E-state index is 0.0768. The van der Waals surface area contributed by atoms with Crippen molar-refractivity contribution in [2.45, 2.75) is 12.8 Å². The number of piperidine rings is 1. The van der Waals surface area contributed by atoms with E-state index in [2.05, 4.69) is 15.9 Å². The Balaban J connectivity index is 2.07. The van der Waals surface area contributed by atoms with Gasteiger partial charge >= 0.3 is 0 Å². The summed E-state index contributed by atoms with van der Waals surface area (Å²) in [6.07, 6.45) is 1.96. The molecule has 1 fully saturated rings. The van der Waals surface area contributed by atoms with Crippen LogP contribution in [0.5, 0.6) is 0 Å². The first-order valence-corrected chi connectivity index (χ1v) is 7.48. The maximum Gasteiger partial charge on any atom is 0.254 e. The van der Waals surface area contributed by atoms with Gasteiger partial charge in [0.2, 0.25) is 0 Å². The molecule has 0 spiro atoms. The zero-order valence-corrected chi connectivity index (χ0v) is 12.4. The van der Waals surface area contributed by atoms with Crippen LogP contribution in [-0.2, 0) is 0 Å². The molecule has 0 bridgehead atoms. The second kappa shape index (κ2) is 5.46. The summed E-state index contributed by atoms with van der Waals surface area (Å²) in [4.78, 5) is 14.6. The van der Waals surface area contributed by atoms with Crippen molar-refractivity contribution in [3.63, 3.8) is 0 Å². The van der Waals surface area contributed by atoms with Crippen molar-refractivity contribution in [1.29, 1.82) is 0 Å². The van der Waals surface area contributed by atoms with Crippen LogP contribution in [0.4, 0.5) is 0 Å². The highest BCUT2D eigenvalue weighted by Gasteiger charge is 2.26. The summed E-state index contributed by atoms with van der Waals surface area (Å²) in [5, 5.41) is 1.87. The molecule has 2 rings (SSSR count). The quantitative estimate of drug-likeness (QED) is 0.847. The summed E-state index contributed by atoms with van der Waals surface area (Å²) in [5.41, 5.74) is 6.40. The Hall–Kier alpha value is -0.460. The highest BCUT2D eigenvalue weighted by Crippen LogP contribution is 2.24. The highest BCUT2D eigenvalue weighted by molar-refractivity contribution is 9.11. The van der Waals surface area contributed by atoms with Crippen LogP contribution in [-0.4, -0.2) is 28.9 Å². The molecular formula is C11H13BrN2OS2. The predicted molar refractivity (Wildman–Crippen MR) is 77.4 cm³/mol. The van der Waals surface area contributed by atoms with Gasteiger partial charge in [0, 0.05) is 24.4 Å². The number of thiophene rings is 1. The molecular weight excluding hydrogens is 320 g/mol. The summed E-state index contributed by atoms with van der Waals surface area (Å²) < 4.78 is 0.976. The second-order valence-electron chi connectivity index (χ2n) is 4.13. The van der Waals surface area contributed by atoms with Crippen molar-refractivity contribution < 1.29 is 4.79 Å². The Kier molecular flexibility index (Phi) is 4.17. The third-order valence-electron chi connectivity index (χ3n) is 2.93. The highest BCUT2D eigenvalue weighted by atomic mass is 79.9. The van der Waals surface area contributed by atoms with Gasteiger partial charge in [0.1, 0.15) is 0 Å². The third-order valence-corrected chi connectivity index (χ3v) is 4.76. The third kappa shape index (κ3) is 3.05. The molecule has 0 saturated carbocycles. The zero-order valence-electron chi connectivity index (χ0n) is 9.19. The van der Waals surface area contributed by atoms with Gasteiger partial charge in [-0.1, -0.05) is 12.2 Å². The van der Waals surface area contributed by atoms with Crippen LogP contribution in [0.1, 0.15) is 23.2 Å². The van der Waals surface area contributed by atoms with Crippen molar-refractivity contribution in [3.8, 4) is 0 Å². The Morgan fingerprint density at radius 3 is 3.00 bits per heavy atom. The van der Waals surface area contributed by atoms with Gasteiger partial charge in [-0.25, -0.2) is 0 Å². The number of carbonyl (C=O) groups excluding carboxylic acids is 1. The van der Waals surface area contributed by atoms with Gasteiger partial charge in [-0.05, 0) is 34.8 Å². The number of carbonyl (C=O) groups is 1. The second-order valence-corrected chi connectivity index (χ2v) is 6.89. The number of thiocarbonyl (C=S) groups is 1. The molecule has 0 aliphatic carbocycles. The summed E-state index contributed by atoms with van der Waals surface area (Å²) in [6, 6.07) is 1.86. The van der Waals surface area contributed by atoms with Gasteiger partial charge in [0.25, 0.3) is 5.91 Å². The molecule has 1 aromatic rings. The Morgan fingerprint density at radius 1 is 1.65 bits per heavy atom. The molecule has 3 nitrogen and oxygen atoms in total. The molecule has 1 aliphatic heterocycles. The zero-order chi connectivity index (χ0) is 12.4. The van der Waals surface area contributed by atoms with E-state index in [0.29, 0.717) is 11.5 Å². The summed E-state index contributed by atoms with van der Waals surface area (Å²) in [7, 11) is 0. The number of rotatable bonds is 2. The first kappa shape index (κ1) is 13.0. The van der Waals surface area contributed by atoms with E-state index in [1.54, 1.807) is 0 Å². The number of hydrogen-bond donors (Lipinski definition) is 1. The molecule has 2 N–H and O–H groups in total. The Labute approximate surface area is 118 Å². The van der Waals surface area contributed by atoms with Crippen LogP contribution < -0.4 is 5.73 Å². The first-order valence-electron chi connectivity index (χ1n) is 5.40. The van der Waals surface area contributed by atoms with Crippen LogP contribution in [0.2, 0.25) is 0 Å². The van der Waals surface area contributed by atoms with Crippen LogP contribution in [0.3, 0.4) is 0 Å². The summed E-state index contributed by atoms with van der Waals surface area (Å²) >= 11 is 9.90. The normalized spacial score (nSPS) is 20.3. The van der Waals surface area contributed by atoms with E-state index in [9.17, 15) is 4.79 Å². The molecule has 0 aromatic carbocycles. The molecule has 92 valence electrons. The largest absolute Gasteiger partial charge is 0.393 e. The Bertz CT molecular complexity index is 446. The van der Waals surface area contributed by atoms with Crippen molar-refractivity contribution in [2.75, 3.05) is 13.1 Å². The molecule has 0 radical (unpaired) electrons. The van der Waals surface area contributed by atoms with Crippen molar-refractivity contribution in [1.82, 2.24) is 4.90 Å². The minimum atomic E-state index is 0.0768. The summed E-state index contributed by atoms with van der Waals surface area (Å²) in [5.74, 6) is 0.248. The lowest BCUT2D eigenvalue weighted by Gasteiger charge is -2.32. The van der Waals surface area contributed by atoms with E-state index in [4.69, 9.17) is 18.0 Å². The Morgan fingerprint density at radius 2 is 2.41 bits per heavy atom. The smallest absolute Gasteiger partial charge is 0.254 e. The minimum Gasteiger partial charge on any atom is -0.393 e. The van der Waals surface area contributed by atoms with E-state index >= 15 is 0 Å². The molecule has 1 saturated heterocycles. The van der Waals surface area contributed by atoms with E-state index in [1.165, 1.54) is 11.3 Å². The van der Waals surface area contributed by atoms with E-state index < -0.39 is 0 Å². The van der Waals surface area contributed by atoms with Crippen molar-refractivity contribution in [3.05, 3.63) is 20.8 Å².